The first-order chi connectivity index (χ1) is 8.58. The highest BCUT2D eigenvalue weighted by Crippen LogP contribution is 2.30. The van der Waals surface area contributed by atoms with Crippen molar-refractivity contribution < 1.29 is 4.79 Å². The van der Waals surface area contributed by atoms with Gasteiger partial charge in [0, 0.05) is 31.8 Å². The number of rotatable bonds is 3. The lowest BCUT2D eigenvalue weighted by Crippen LogP contribution is -2.21. The van der Waals surface area contributed by atoms with Gasteiger partial charge < -0.3 is 4.90 Å². The van der Waals surface area contributed by atoms with Gasteiger partial charge in [-0.25, -0.2) is 4.98 Å². The summed E-state index contributed by atoms with van der Waals surface area (Å²) in [5, 5.41) is 0. The number of nitrogens with zero attached hydrogens (tertiary/aromatic N) is 2. The first kappa shape index (κ1) is 13.1. The molecule has 1 aromatic rings. The molecule has 1 aliphatic rings. The third-order valence-electron chi connectivity index (χ3n) is 3.88. The molecule has 0 aromatic carbocycles. The van der Waals surface area contributed by atoms with Crippen molar-refractivity contribution in [1.82, 2.24) is 4.98 Å². The molecule has 2 rings (SSSR count). The van der Waals surface area contributed by atoms with Crippen LogP contribution in [0.25, 0.3) is 0 Å². The Kier molecular flexibility index (Phi) is 4.00. The number of carbonyl (C=O) groups excluding carboxylic acids is 1. The van der Waals surface area contributed by atoms with Crippen LogP contribution in [0, 0.1) is 11.8 Å². The maximum absolute atomic E-state index is 12.3. The van der Waals surface area contributed by atoms with Crippen LogP contribution in [0.2, 0.25) is 0 Å². The summed E-state index contributed by atoms with van der Waals surface area (Å²) >= 11 is 0. The summed E-state index contributed by atoms with van der Waals surface area (Å²) in [5.41, 5.74) is 0.764. The van der Waals surface area contributed by atoms with Gasteiger partial charge in [-0.05, 0) is 30.9 Å². The molecular weight excluding hydrogens is 224 g/mol. The molecule has 0 atom stereocenters. The molecule has 0 saturated heterocycles. The van der Waals surface area contributed by atoms with Gasteiger partial charge in [-0.3, -0.25) is 4.79 Å². The van der Waals surface area contributed by atoms with Gasteiger partial charge in [0.05, 0.1) is 0 Å². The van der Waals surface area contributed by atoms with E-state index < -0.39 is 0 Å². The molecule has 0 N–H and O–H groups in total. The van der Waals surface area contributed by atoms with Gasteiger partial charge >= 0.3 is 0 Å². The molecule has 3 nitrogen and oxygen atoms in total. The van der Waals surface area contributed by atoms with Gasteiger partial charge in [0.15, 0.2) is 5.78 Å². The van der Waals surface area contributed by atoms with Crippen molar-refractivity contribution in [3.8, 4) is 0 Å². The number of aromatic nitrogens is 1. The van der Waals surface area contributed by atoms with Gasteiger partial charge in [-0.1, -0.05) is 19.8 Å². The molecule has 1 saturated carbocycles. The second kappa shape index (κ2) is 5.51. The van der Waals surface area contributed by atoms with Crippen molar-refractivity contribution >= 4 is 11.6 Å². The van der Waals surface area contributed by atoms with Crippen LogP contribution >= 0.6 is 0 Å². The second-order valence-corrected chi connectivity index (χ2v) is 5.62. The van der Waals surface area contributed by atoms with Crippen molar-refractivity contribution in [3.05, 3.63) is 23.9 Å². The monoisotopic (exact) mass is 246 g/mol. The van der Waals surface area contributed by atoms with Gasteiger partial charge in [0.25, 0.3) is 0 Å². The van der Waals surface area contributed by atoms with E-state index in [2.05, 4.69) is 11.9 Å². The zero-order valence-corrected chi connectivity index (χ0v) is 11.5. The third-order valence-corrected chi connectivity index (χ3v) is 3.88. The maximum atomic E-state index is 12.3. The summed E-state index contributed by atoms with van der Waals surface area (Å²) in [4.78, 5) is 18.6. The quantitative estimate of drug-likeness (QED) is 0.768. The topological polar surface area (TPSA) is 33.2 Å². The van der Waals surface area contributed by atoms with Crippen LogP contribution in [0.5, 0.6) is 0 Å². The Hall–Kier alpha value is -1.38. The summed E-state index contributed by atoms with van der Waals surface area (Å²) in [5.74, 6) is 2.17. The minimum atomic E-state index is 0.216. The van der Waals surface area contributed by atoms with Crippen LogP contribution in [0.1, 0.15) is 43.0 Å². The lowest BCUT2D eigenvalue weighted by molar-refractivity contribution is 0.0875. The van der Waals surface area contributed by atoms with E-state index >= 15 is 0 Å². The standard InChI is InChI=1S/C15H22N2O/c1-11-4-6-12(7-5-11)15(18)13-8-9-14(16-10-13)17(2)3/h8-12H,4-7H2,1-3H3. The van der Waals surface area contributed by atoms with E-state index in [0.29, 0.717) is 0 Å². The van der Waals surface area contributed by atoms with Crippen LogP contribution in [0.4, 0.5) is 5.82 Å². The Balaban J connectivity index is 2.04. The molecule has 0 amide bonds. The summed E-state index contributed by atoms with van der Waals surface area (Å²) in [6, 6.07) is 3.82. The fourth-order valence-corrected chi connectivity index (χ4v) is 2.55. The first-order valence-corrected chi connectivity index (χ1v) is 6.75. The van der Waals surface area contributed by atoms with Crippen molar-refractivity contribution in [2.45, 2.75) is 32.6 Å². The van der Waals surface area contributed by atoms with Crippen molar-refractivity contribution in [3.63, 3.8) is 0 Å². The summed E-state index contributed by atoms with van der Waals surface area (Å²) < 4.78 is 0. The highest BCUT2D eigenvalue weighted by molar-refractivity contribution is 5.97. The summed E-state index contributed by atoms with van der Waals surface area (Å²) in [6.07, 6.45) is 6.15. The molecule has 1 aromatic heterocycles. The molecular formula is C15H22N2O. The minimum Gasteiger partial charge on any atom is -0.363 e. The highest BCUT2D eigenvalue weighted by atomic mass is 16.1. The summed E-state index contributed by atoms with van der Waals surface area (Å²) in [7, 11) is 3.90. The minimum absolute atomic E-state index is 0.216. The van der Waals surface area contributed by atoms with Gasteiger partial charge in [-0.15, -0.1) is 0 Å². The van der Waals surface area contributed by atoms with Crippen LogP contribution in [-0.2, 0) is 0 Å². The van der Waals surface area contributed by atoms with E-state index in [9.17, 15) is 4.79 Å². The zero-order chi connectivity index (χ0) is 13.1. The molecule has 3 heteroatoms. The Morgan fingerprint density at radius 3 is 2.39 bits per heavy atom. The van der Waals surface area contributed by atoms with Crippen LogP contribution in [0.15, 0.2) is 18.3 Å². The first-order valence-electron chi connectivity index (χ1n) is 6.75. The van der Waals surface area contributed by atoms with E-state index in [1.807, 2.05) is 31.1 Å². The largest absolute Gasteiger partial charge is 0.363 e. The average molecular weight is 246 g/mol. The number of anilines is 1. The Labute approximate surface area is 109 Å². The predicted octanol–water partition coefficient (Wildman–Crippen LogP) is 3.16. The SMILES string of the molecule is CC1CCC(C(=O)c2ccc(N(C)C)nc2)CC1. The molecule has 1 fully saturated rings. The Morgan fingerprint density at radius 2 is 1.89 bits per heavy atom. The van der Waals surface area contributed by atoms with Crippen molar-refractivity contribution in [1.29, 1.82) is 0 Å². The molecule has 0 unspecified atom stereocenters. The smallest absolute Gasteiger partial charge is 0.167 e. The second-order valence-electron chi connectivity index (χ2n) is 5.62. The number of ketones is 1. The normalized spacial score (nSPS) is 23.7. The van der Waals surface area contributed by atoms with E-state index in [1.54, 1.807) is 6.20 Å². The molecule has 98 valence electrons. The van der Waals surface area contributed by atoms with E-state index in [4.69, 9.17) is 0 Å². The Bertz CT molecular complexity index is 403. The number of hydrogen-bond donors (Lipinski definition) is 0. The van der Waals surface area contributed by atoms with Gasteiger partial charge in [-0.2, -0.15) is 0 Å². The number of hydrogen-bond acceptors (Lipinski definition) is 3. The Morgan fingerprint density at radius 1 is 1.22 bits per heavy atom. The highest BCUT2D eigenvalue weighted by Gasteiger charge is 2.25. The van der Waals surface area contributed by atoms with Gasteiger partial charge in [0.1, 0.15) is 5.82 Å². The molecule has 0 spiro atoms. The number of carbonyl (C=O) groups is 1. The van der Waals surface area contributed by atoms with E-state index in [-0.39, 0.29) is 11.7 Å². The van der Waals surface area contributed by atoms with E-state index in [0.717, 1.165) is 30.1 Å². The predicted molar refractivity (Wildman–Crippen MR) is 74.0 cm³/mol. The maximum Gasteiger partial charge on any atom is 0.167 e. The van der Waals surface area contributed by atoms with Crippen molar-refractivity contribution in [2.75, 3.05) is 19.0 Å². The molecule has 0 bridgehead atoms. The fraction of sp³-hybridized carbons (Fsp3) is 0.600. The molecule has 0 aliphatic heterocycles. The van der Waals surface area contributed by atoms with Gasteiger partial charge in [0.2, 0.25) is 0 Å². The third kappa shape index (κ3) is 2.89. The number of pyridine rings is 1. The lowest BCUT2D eigenvalue weighted by Gasteiger charge is -2.25. The molecule has 0 radical (unpaired) electrons. The van der Waals surface area contributed by atoms with E-state index in [1.165, 1.54) is 12.8 Å². The fourth-order valence-electron chi connectivity index (χ4n) is 2.55. The van der Waals surface area contributed by atoms with Crippen LogP contribution in [-0.4, -0.2) is 24.9 Å². The average Bonchev–Trinajstić information content (AvgIpc) is 2.39. The number of Topliss-reactive ketones (excluding diaryl/α,β-unsaturated/α-hetero) is 1. The molecule has 1 heterocycles. The lowest BCUT2D eigenvalue weighted by atomic mass is 9.79. The van der Waals surface area contributed by atoms with Crippen molar-refractivity contribution in [2.24, 2.45) is 11.8 Å². The summed E-state index contributed by atoms with van der Waals surface area (Å²) in [6.45, 7) is 2.27. The molecule has 18 heavy (non-hydrogen) atoms. The van der Waals surface area contributed by atoms with Crippen LogP contribution < -0.4 is 4.90 Å². The van der Waals surface area contributed by atoms with Crippen LogP contribution in [0.3, 0.4) is 0 Å². The molecule has 1 aliphatic carbocycles. The zero-order valence-electron chi connectivity index (χ0n) is 11.5.